The third kappa shape index (κ3) is 2.79. The molecule has 1 aromatic heterocycles. The third-order valence-electron chi connectivity index (χ3n) is 2.82. The summed E-state index contributed by atoms with van der Waals surface area (Å²) in [5, 5.41) is 4.93. The highest BCUT2D eigenvalue weighted by atomic mass is 35.5. The number of anilines is 1. The third-order valence-corrected chi connectivity index (χ3v) is 4.22. The topological polar surface area (TPSA) is 24.9 Å². The van der Waals surface area contributed by atoms with Crippen molar-refractivity contribution >= 4 is 29.2 Å². The van der Waals surface area contributed by atoms with Gasteiger partial charge in [0.2, 0.25) is 0 Å². The minimum Gasteiger partial charge on any atom is -0.366 e. The quantitative estimate of drug-likeness (QED) is 0.879. The molecule has 1 N–H and O–H groups in total. The molecule has 2 nitrogen and oxygen atoms in total. The normalized spacial score (nSPS) is 25.5. The highest BCUT2D eigenvalue weighted by Crippen LogP contribution is 2.31. The Kier molecular flexibility index (Phi) is 3.76. The Morgan fingerprint density at radius 2 is 2.40 bits per heavy atom. The summed E-state index contributed by atoms with van der Waals surface area (Å²) < 4.78 is 0. The van der Waals surface area contributed by atoms with Crippen molar-refractivity contribution in [2.45, 2.75) is 30.6 Å². The lowest BCUT2D eigenvalue weighted by molar-refractivity contribution is 0.752. The van der Waals surface area contributed by atoms with Crippen LogP contribution in [0.5, 0.6) is 0 Å². The van der Waals surface area contributed by atoms with Gasteiger partial charge in [-0.25, -0.2) is 4.98 Å². The minimum absolute atomic E-state index is 0.537. The molecule has 1 aliphatic carbocycles. The number of nitrogens with zero attached hydrogens (tertiary/aromatic N) is 1. The van der Waals surface area contributed by atoms with E-state index in [2.05, 4.69) is 16.6 Å². The number of aromatic nitrogens is 1. The summed E-state index contributed by atoms with van der Waals surface area (Å²) in [7, 11) is 0. The molecule has 0 bridgehead atoms. The SMILES string of the molecule is CSC1CCC(Nc2ncccc2Cl)C1. The number of hydrogen-bond acceptors (Lipinski definition) is 3. The first kappa shape index (κ1) is 11.1. The molecular formula is C11H15ClN2S. The average Bonchev–Trinajstić information content (AvgIpc) is 2.69. The van der Waals surface area contributed by atoms with Crippen molar-refractivity contribution in [1.82, 2.24) is 4.98 Å². The zero-order valence-electron chi connectivity index (χ0n) is 8.74. The van der Waals surface area contributed by atoms with Crippen LogP contribution in [-0.2, 0) is 0 Å². The summed E-state index contributed by atoms with van der Waals surface area (Å²) in [6.45, 7) is 0. The van der Waals surface area contributed by atoms with Crippen molar-refractivity contribution in [2.75, 3.05) is 11.6 Å². The van der Waals surface area contributed by atoms with Crippen LogP contribution in [-0.4, -0.2) is 22.5 Å². The maximum atomic E-state index is 6.04. The second kappa shape index (κ2) is 5.08. The molecule has 2 unspecified atom stereocenters. The van der Waals surface area contributed by atoms with Gasteiger partial charge < -0.3 is 5.32 Å². The number of nitrogens with one attached hydrogen (secondary N) is 1. The van der Waals surface area contributed by atoms with Crippen molar-refractivity contribution in [1.29, 1.82) is 0 Å². The second-order valence-electron chi connectivity index (χ2n) is 3.85. The van der Waals surface area contributed by atoms with E-state index in [0.717, 1.165) is 11.1 Å². The van der Waals surface area contributed by atoms with Gasteiger partial charge in [0.05, 0.1) is 5.02 Å². The predicted molar refractivity (Wildman–Crippen MR) is 67.8 cm³/mol. The van der Waals surface area contributed by atoms with E-state index in [1.54, 1.807) is 6.20 Å². The molecule has 1 heterocycles. The maximum absolute atomic E-state index is 6.04. The van der Waals surface area contributed by atoms with E-state index in [1.165, 1.54) is 19.3 Å². The first-order valence-electron chi connectivity index (χ1n) is 5.19. The van der Waals surface area contributed by atoms with Gasteiger partial charge in [-0.15, -0.1) is 0 Å². The fraction of sp³-hybridized carbons (Fsp3) is 0.545. The maximum Gasteiger partial charge on any atom is 0.144 e. The Labute approximate surface area is 99.8 Å². The standard InChI is InChI=1S/C11H15ClN2S/c1-15-9-5-4-8(7-9)14-11-10(12)3-2-6-13-11/h2-3,6,8-9H,4-5,7H2,1H3,(H,13,14). The molecule has 1 fully saturated rings. The van der Waals surface area contributed by atoms with Crippen molar-refractivity contribution in [3.63, 3.8) is 0 Å². The number of pyridine rings is 1. The van der Waals surface area contributed by atoms with E-state index in [9.17, 15) is 0 Å². The highest BCUT2D eigenvalue weighted by Gasteiger charge is 2.24. The summed E-state index contributed by atoms with van der Waals surface area (Å²) in [6.07, 6.45) is 7.69. The Morgan fingerprint density at radius 3 is 3.07 bits per heavy atom. The van der Waals surface area contributed by atoms with Crippen LogP contribution >= 0.6 is 23.4 Å². The molecule has 0 spiro atoms. The molecule has 1 aromatic rings. The van der Waals surface area contributed by atoms with Crippen molar-refractivity contribution in [2.24, 2.45) is 0 Å². The van der Waals surface area contributed by atoms with E-state index >= 15 is 0 Å². The molecule has 4 heteroatoms. The van der Waals surface area contributed by atoms with Gasteiger partial charge in [0, 0.05) is 17.5 Å². The molecule has 1 saturated carbocycles. The van der Waals surface area contributed by atoms with Crippen LogP contribution in [0.15, 0.2) is 18.3 Å². The van der Waals surface area contributed by atoms with Crippen molar-refractivity contribution < 1.29 is 0 Å². The first-order chi connectivity index (χ1) is 7.29. The number of hydrogen-bond donors (Lipinski definition) is 1. The monoisotopic (exact) mass is 242 g/mol. The van der Waals surface area contributed by atoms with Gasteiger partial charge in [-0.2, -0.15) is 11.8 Å². The van der Waals surface area contributed by atoms with E-state index in [0.29, 0.717) is 11.1 Å². The molecule has 1 aliphatic rings. The molecule has 0 saturated heterocycles. The second-order valence-corrected chi connectivity index (χ2v) is 5.39. The van der Waals surface area contributed by atoms with E-state index in [-0.39, 0.29) is 0 Å². The minimum atomic E-state index is 0.537. The molecule has 82 valence electrons. The van der Waals surface area contributed by atoms with Gasteiger partial charge in [0.15, 0.2) is 0 Å². The first-order valence-corrected chi connectivity index (χ1v) is 6.86. The lowest BCUT2D eigenvalue weighted by atomic mass is 10.2. The molecule has 0 radical (unpaired) electrons. The van der Waals surface area contributed by atoms with Crippen molar-refractivity contribution in [3.05, 3.63) is 23.4 Å². The number of halogens is 1. The van der Waals surface area contributed by atoms with Crippen LogP contribution < -0.4 is 5.32 Å². The van der Waals surface area contributed by atoms with Crippen LogP contribution in [0.2, 0.25) is 5.02 Å². The molecule has 2 rings (SSSR count). The predicted octanol–water partition coefficient (Wildman–Crippen LogP) is 3.43. The Bertz CT molecular complexity index is 332. The molecule has 0 amide bonds. The summed E-state index contributed by atoms with van der Waals surface area (Å²) in [5.74, 6) is 0.825. The fourth-order valence-electron chi connectivity index (χ4n) is 1.97. The number of thioether (sulfide) groups is 1. The van der Waals surface area contributed by atoms with Gasteiger partial charge in [-0.3, -0.25) is 0 Å². The largest absolute Gasteiger partial charge is 0.366 e. The Balaban J connectivity index is 1.96. The van der Waals surface area contributed by atoms with Crippen molar-refractivity contribution in [3.8, 4) is 0 Å². The summed E-state index contributed by atoms with van der Waals surface area (Å²) >= 11 is 8.00. The van der Waals surface area contributed by atoms with Crippen LogP contribution in [0.25, 0.3) is 0 Å². The van der Waals surface area contributed by atoms with Gasteiger partial charge in [0.25, 0.3) is 0 Å². The summed E-state index contributed by atoms with van der Waals surface area (Å²) in [5.41, 5.74) is 0. The zero-order valence-corrected chi connectivity index (χ0v) is 10.3. The highest BCUT2D eigenvalue weighted by molar-refractivity contribution is 7.99. The van der Waals surface area contributed by atoms with Gasteiger partial charge in [-0.1, -0.05) is 11.6 Å². The van der Waals surface area contributed by atoms with Crippen LogP contribution in [0.1, 0.15) is 19.3 Å². The lowest BCUT2D eigenvalue weighted by Crippen LogP contribution is -2.16. The molecular weight excluding hydrogens is 228 g/mol. The van der Waals surface area contributed by atoms with E-state index in [4.69, 9.17) is 11.6 Å². The molecule has 2 atom stereocenters. The van der Waals surface area contributed by atoms with Gasteiger partial charge >= 0.3 is 0 Å². The Morgan fingerprint density at radius 1 is 1.53 bits per heavy atom. The lowest BCUT2D eigenvalue weighted by Gasteiger charge is -2.14. The average molecular weight is 243 g/mol. The molecule has 15 heavy (non-hydrogen) atoms. The molecule has 0 aromatic carbocycles. The summed E-state index contributed by atoms with van der Waals surface area (Å²) in [6, 6.07) is 4.26. The smallest absolute Gasteiger partial charge is 0.144 e. The van der Waals surface area contributed by atoms with Crippen LogP contribution in [0.4, 0.5) is 5.82 Å². The zero-order chi connectivity index (χ0) is 10.7. The molecule has 0 aliphatic heterocycles. The fourth-order valence-corrected chi connectivity index (χ4v) is 2.94. The Hall–Kier alpha value is -0.410. The van der Waals surface area contributed by atoms with Gasteiger partial charge in [0.1, 0.15) is 5.82 Å². The van der Waals surface area contributed by atoms with E-state index in [1.807, 2.05) is 23.9 Å². The van der Waals surface area contributed by atoms with Gasteiger partial charge in [-0.05, 0) is 37.7 Å². The number of rotatable bonds is 3. The van der Waals surface area contributed by atoms with Crippen LogP contribution in [0.3, 0.4) is 0 Å². The van der Waals surface area contributed by atoms with E-state index < -0.39 is 0 Å². The summed E-state index contributed by atoms with van der Waals surface area (Å²) in [4.78, 5) is 4.24. The van der Waals surface area contributed by atoms with Crippen LogP contribution in [0, 0.1) is 0 Å².